The average molecular weight is 239 g/mol. The summed E-state index contributed by atoms with van der Waals surface area (Å²) in [5.74, 6) is 0.125. The lowest BCUT2D eigenvalue weighted by Gasteiger charge is -2.18. The van der Waals surface area contributed by atoms with Crippen LogP contribution in [-0.4, -0.2) is 33.8 Å². The number of nitrogen functional groups attached to an aromatic ring is 1. The Balaban J connectivity index is 2.70. The molecule has 0 aliphatic rings. The number of anilines is 1. The largest absolute Gasteiger partial charge is 0.388 e. The lowest BCUT2D eigenvalue weighted by atomic mass is 10.0. The first kappa shape index (κ1) is 13.4. The molecule has 0 radical (unpaired) electrons. The predicted molar refractivity (Wildman–Crippen MR) is 63.0 cm³/mol. The molecule has 2 unspecified atom stereocenters. The molecule has 6 heteroatoms. The number of aliphatic hydroxyl groups excluding tert-OH is 2. The van der Waals surface area contributed by atoms with Crippen LogP contribution in [0.25, 0.3) is 0 Å². The van der Waals surface area contributed by atoms with Crippen molar-refractivity contribution in [2.45, 2.75) is 26.1 Å². The Hall–Kier alpha value is -1.66. The minimum absolute atomic E-state index is 0.0140. The molecule has 6 nitrogen and oxygen atoms in total. The highest BCUT2D eigenvalue weighted by atomic mass is 16.3. The minimum atomic E-state index is -1.10. The predicted octanol–water partition coefficient (Wildman–Crippen LogP) is -0.497. The van der Waals surface area contributed by atoms with Gasteiger partial charge in [0.1, 0.15) is 18.0 Å². The molecule has 17 heavy (non-hydrogen) atoms. The van der Waals surface area contributed by atoms with E-state index >= 15 is 0 Å². The van der Waals surface area contributed by atoms with Gasteiger partial charge in [-0.25, -0.2) is 4.98 Å². The fraction of sp³-hybridized carbons (Fsp3) is 0.455. The van der Waals surface area contributed by atoms with E-state index in [0.717, 1.165) is 5.56 Å². The summed E-state index contributed by atoms with van der Waals surface area (Å²) in [6, 6.07) is 1.66. The maximum Gasteiger partial charge on any atom is 0.216 e. The Morgan fingerprint density at radius 1 is 1.59 bits per heavy atom. The van der Waals surface area contributed by atoms with Crippen LogP contribution in [0.3, 0.4) is 0 Å². The maximum absolute atomic E-state index is 10.7. The van der Waals surface area contributed by atoms with Gasteiger partial charge in [-0.2, -0.15) is 0 Å². The second-order valence-electron chi connectivity index (χ2n) is 3.92. The van der Waals surface area contributed by atoms with Crippen molar-refractivity contribution in [3.8, 4) is 0 Å². The first-order valence-electron chi connectivity index (χ1n) is 5.24. The van der Waals surface area contributed by atoms with Gasteiger partial charge in [0.15, 0.2) is 0 Å². The topological polar surface area (TPSA) is 108 Å². The minimum Gasteiger partial charge on any atom is -0.388 e. The third-order valence-corrected chi connectivity index (χ3v) is 2.41. The van der Waals surface area contributed by atoms with Crippen molar-refractivity contribution < 1.29 is 15.0 Å². The van der Waals surface area contributed by atoms with Gasteiger partial charge in [0.2, 0.25) is 5.91 Å². The van der Waals surface area contributed by atoms with Gasteiger partial charge < -0.3 is 21.3 Å². The molecule has 1 aromatic rings. The zero-order valence-corrected chi connectivity index (χ0v) is 9.84. The van der Waals surface area contributed by atoms with E-state index in [9.17, 15) is 15.0 Å². The van der Waals surface area contributed by atoms with Crippen molar-refractivity contribution in [2.24, 2.45) is 0 Å². The molecule has 0 fully saturated rings. The molecule has 5 N–H and O–H groups in total. The van der Waals surface area contributed by atoms with Crippen LogP contribution in [0.1, 0.15) is 24.2 Å². The van der Waals surface area contributed by atoms with E-state index in [1.165, 1.54) is 13.1 Å². The molecule has 0 aliphatic heterocycles. The van der Waals surface area contributed by atoms with Crippen molar-refractivity contribution in [1.82, 2.24) is 10.3 Å². The van der Waals surface area contributed by atoms with Gasteiger partial charge in [-0.1, -0.05) is 0 Å². The number of rotatable bonds is 4. The quantitative estimate of drug-likeness (QED) is 0.566. The first-order chi connectivity index (χ1) is 7.91. The Morgan fingerprint density at radius 2 is 2.24 bits per heavy atom. The van der Waals surface area contributed by atoms with Crippen LogP contribution >= 0.6 is 0 Å². The average Bonchev–Trinajstić information content (AvgIpc) is 2.28. The van der Waals surface area contributed by atoms with Crippen LogP contribution < -0.4 is 11.1 Å². The second-order valence-corrected chi connectivity index (χ2v) is 3.92. The standard InChI is InChI=1S/C11H17N3O3/c1-6-3-8(4-14-11(6)12)10(17)9(16)5-13-7(2)15/h3-4,9-10,16-17H,5H2,1-2H3,(H2,12,14)(H,13,15). The number of pyridine rings is 1. The number of nitrogens with zero attached hydrogens (tertiary/aromatic N) is 1. The van der Waals surface area contributed by atoms with Gasteiger partial charge in [-0.15, -0.1) is 0 Å². The summed E-state index contributed by atoms with van der Waals surface area (Å²) in [5.41, 5.74) is 6.75. The lowest BCUT2D eigenvalue weighted by Crippen LogP contribution is -2.34. The van der Waals surface area contributed by atoms with E-state index in [0.29, 0.717) is 11.4 Å². The lowest BCUT2D eigenvalue weighted by molar-refractivity contribution is -0.119. The molecule has 94 valence electrons. The molecular weight excluding hydrogens is 222 g/mol. The third-order valence-electron chi connectivity index (χ3n) is 2.41. The van der Waals surface area contributed by atoms with Gasteiger partial charge in [0.05, 0.1) is 0 Å². The summed E-state index contributed by atoms with van der Waals surface area (Å²) >= 11 is 0. The van der Waals surface area contributed by atoms with Crippen molar-refractivity contribution in [3.05, 3.63) is 23.4 Å². The van der Waals surface area contributed by atoms with Gasteiger partial charge in [-0.05, 0) is 18.6 Å². The molecular formula is C11H17N3O3. The summed E-state index contributed by atoms with van der Waals surface area (Å²) in [7, 11) is 0. The highest BCUT2D eigenvalue weighted by molar-refractivity contribution is 5.72. The number of amides is 1. The second kappa shape index (κ2) is 5.60. The smallest absolute Gasteiger partial charge is 0.216 e. The Labute approximate surface area is 99.5 Å². The number of carbonyl (C=O) groups is 1. The summed E-state index contributed by atoms with van der Waals surface area (Å²) in [6.07, 6.45) is -0.776. The molecule has 0 saturated carbocycles. The van der Waals surface area contributed by atoms with Crippen LogP contribution in [0, 0.1) is 6.92 Å². The molecule has 0 aliphatic carbocycles. The van der Waals surface area contributed by atoms with E-state index in [1.807, 2.05) is 0 Å². The van der Waals surface area contributed by atoms with Crippen LogP contribution in [-0.2, 0) is 4.79 Å². The third kappa shape index (κ3) is 3.69. The summed E-state index contributed by atoms with van der Waals surface area (Å²) in [4.78, 5) is 14.6. The van der Waals surface area contributed by atoms with Crippen LogP contribution in [0.2, 0.25) is 0 Å². The van der Waals surface area contributed by atoms with Gasteiger partial charge in [-0.3, -0.25) is 4.79 Å². The number of hydrogen-bond donors (Lipinski definition) is 4. The molecule has 0 saturated heterocycles. The number of nitrogens with two attached hydrogens (primary N) is 1. The van der Waals surface area contributed by atoms with E-state index in [1.54, 1.807) is 13.0 Å². The van der Waals surface area contributed by atoms with Crippen LogP contribution in [0.15, 0.2) is 12.3 Å². The SMILES string of the molecule is CC(=O)NCC(O)C(O)c1cnc(N)c(C)c1. The molecule has 0 bridgehead atoms. The number of nitrogens with one attached hydrogen (secondary N) is 1. The summed E-state index contributed by atoms with van der Waals surface area (Å²) < 4.78 is 0. The Kier molecular flexibility index (Phi) is 4.42. The number of hydrogen-bond acceptors (Lipinski definition) is 5. The highest BCUT2D eigenvalue weighted by Crippen LogP contribution is 2.19. The molecule has 1 heterocycles. The summed E-state index contributed by atoms with van der Waals surface area (Å²) in [5, 5.41) is 21.9. The fourth-order valence-corrected chi connectivity index (χ4v) is 1.35. The molecule has 2 atom stereocenters. The van der Waals surface area contributed by atoms with Gasteiger partial charge in [0, 0.05) is 25.2 Å². The van der Waals surface area contributed by atoms with E-state index in [2.05, 4.69) is 10.3 Å². The van der Waals surface area contributed by atoms with Gasteiger partial charge >= 0.3 is 0 Å². The van der Waals surface area contributed by atoms with Crippen LogP contribution in [0.4, 0.5) is 5.82 Å². The van der Waals surface area contributed by atoms with Gasteiger partial charge in [0.25, 0.3) is 0 Å². The van der Waals surface area contributed by atoms with Crippen LogP contribution in [0.5, 0.6) is 0 Å². The normalized spacial score (nSPS) is 14.1. The van der Waals surface area contributed by atoms with Crippen molar-refractivity contribution in [3.63, 3.8) is 0 Å². The van der Waals surface area contributed by atoms with E-state index in [-0.39, 0.29) is 12.5 Å². The fourth-order valence-electron chi connectivity index (χ4n) is 1.35. The van der Waals surface area contributed by atoms with Crippen molar-refractivity contribution in [2.75, 3.05) is 12.3 Å². The zero-order valence-electron chi connectivity index (χ0n) is 9.84. The van der Waals surface area contributed by atoms with E-state index in [4.69, 9.17) is 5.73 Å². The molecule has 0 aromatic carbocycles. The van der Waals surface area contributed by atoms with Crippen molar-refractivity contribution >= 4 is 11.7 Å². The highest BCUT2D eigenvalue weighted by Gasteiger charge is 2.19. The molecule has 1 amide bonds. The number of aliphatic hydroxyl groups is 2. The zero-order chi connectivity index (χ0) is 13.0. The maximum atomic E-state index is 10.7. The molecule has 1 rings (SSSR count). The van der Waals surface area contributed by atoms with Crippen molar-refractivity contribution in [1.29, 1.82) is 0 Å². The number of carbonyl (C=O) groups excluding carboxylic acids is 1. The molecule has 0 spiro atoms. The monoisotopic (exact) mass is 239 g/mol. The Bertz CT molecular complexity index is 409. The van der Waals surface area contributed by atoms with E-state index < -0.39 is 12.2 Å². The Morgan fingerprint density at radius 3 is 2.76 bits per heavy atom. The molecule has 1 aromatic heterocycles. The first-order valence-corrected chi connectivity index (χ1v) is 5.24. The number of aromatic nitrogens is 1. The summed E-state index contributed by atoms with van der Waals surface area (Å²) in [6.45, 7) is 3.09. The number of aryl methyl sites for hydroxylation is 1.